The Balaban J connectivity index is 0. The summed E-state index contributed by atoms with van der Waals surface area (Å²) in [7, 11) is 1.82. The number of halogens is 2. The van der Waals surface area contributed by atoms with Gasteiger partial charge in [-0.2, -0.15) is 6.42 Å². The molecule has 1 aromatic heterocycles. The van der Waals surface area contributed by atoms with Crippen molar-refractivity contribution in [1.82, 2.24) is 14.4 Å². The van der Waals surface area contributed by atoms with E-state index in [1.54, 1.807) is 13.0 Å². The first-order chi connectivity index (χ1) is 42.0. The number of rotatable bonds is 25. The van der Waals surface area contributed by atoms with Crippen LogP contribution in [0.15, 0.2) is 90.5 Å². The largest absolute Gasteiger partial charge is 1.00 e. The van der Waals surface area contributed by atoms with Crippen molar-refractivity contribution in [3.05, 3.63) is 136 Å². The zero-order valence-corrected chi connectivity index (χ0v) is 61.5. The van der Waals surface area contributed by atoms with Crippen molar-refractivity contribution in [3.8, 4) is 11.5 Å². The molecule has 7 rings (SSSR count). The molecule has 1 aliphatic carbocycles. The van der Waals surface area contributed by atoms with Crippen molar-refractivity contribution in [1.29, 1.82) is 0 Å². The third-order valence-electron chi connectivity index (χ3n) is 14.5. The van der Waals surface area contributed by atoms with Crippen molar-refractivity contribution >= 4 is 62.8 Å². The van der Waals surface area contributed by atoms with E-state index in [1.165, 1.54) is 44.2 Å². The number of carbonyl (C=O) groups excluding carboxylic acids is 3. The van der Waals surface area contributed by atoms with Crippen LogP contribution in [0.25, 0.3) is 32.9 Å². The Labute approximate surface area is 582 Å². The van der Waals surface area contributed by atoms with Crippen molar-refractivity contribution < 1.29 is 104 Å². The smallest absolute Gasteiger partial charge is 0.870 e. The van der Waals surface area contributed by atoms with E-state index in [-0.39, 0.29) is 75.2 Å². The van der Waals surface area contributed by atoms with Crippen molar-refractivity contribution in [2.45, 2.75) is 219 Å². The van der Waals surface area contributed by atoms with E-state index in [1.807, 2.05) is 128 Å². The van der Waals surface area contributed by atoms with Crippen LogP contribution in [0.4, 0.5) is 4.39 Å². The van der Waals surface area contributed by atoms with Gasteiger partial charge in [0.15, 0.2) is 6.61 Å². The van der Waals surface area contributed by atoms with Crippen LogP contribution in [0, 0.1) is 12.7 Å². The molecule has 3 atom stereocenters. The van der Waals surface area contributed by atoms with Crippen molar-refractivity contribution in [3.63, 3.8) is 0 Å². The quantitative estimate of drug-likeness (QED) is 0.0141. The van der Waals surface area contributed by atoms with E-state index in [0.717, 1.165) is 98.7 Å². The summed E-state index contributed by atoms with van der Waals surface area (Å²) in [5.41, 5.74) is 14.7. The average Bonchev–Trinajstić information content (AvgIpc) is 2.47. The summed E-state index contributed by atoms with van der Waals surface area (Å²) in [6.07, 6.45) is 11.3. The molecule has 5 aromatic rings. The summed E-state index contributed by atoms with van der Waals surface area (Å²) < 4.78 is 43.8. The zero-order chi connectivity index (χ0) is 65.8. The normalized spacial score (nSPS) is 13.2. The Hall–Kier alpha value is -4.59. The van der Waals surface area contributed by atoms with Gasteiger partial charge in [0.2, 0.25) is 18.5 Å². The van der Waals surface area contributed by atoms with Gasteiger partial charge >= 0.3 is 51.4 Å². The Morgan fingerprint density at radius 2 is 1.49 bits per heavy atom. The minimum Gasteiger partial charge on any atom is -0.870 e. The summed E-state index contributed by atoms with van der Waals surface area (Å²) in [6.45, 7) is 43.1. The molecule has 4 aromatic carbocycles. The number of nitrogens with zero attached hydrogens (tertiary/aromatic N) is 3. The van der Waals surface area contributed by atoms with Gasteiger partial charge in [-0.3, -0.25) is 14.4 Å². The minimum atomic E-state index is -1.36. The van der Waals surface area contributed by atoms with Crippen molar-refractivity contribution in [2.75, 3.05) is 33.4 Å². The Bertz CT molecular complexity index is 2910. The predicted molar refractivity (Wildman–Crippen MR) is 363 cm³/mol. The second-order valence-corrected chi connectivity index (χ2v) is 20.7. The number of primary amides is 1. The SMILES string of the molecule is C/C=C(/C)C(=C(C)C)c1c(Cl)ccc2c(CCCOc3cccc4cc(F)ccc34)c(C(O)OC(C)OC=O)n(CCC)c12.C=C1c2cccc(OCC(=O)N(CCC)CCC)c2CN1C(C[CH2-])C(N)=O.CC.CC.CC.CC.COC1CCCCC1.[K+].[OH-]. The summed E-state index contributed by atoms with van der Waals surface area (Å²) in [5.74, 6) is 0.594. The fraction of sp³-hybridized carbons (Fsp3) is 0.528. The summed E-state index contributed by atoms with van der Waals surface area (Å²) >= 11 is 6.96. The molecule has 3 unspecified atom stereocenters. The topological polar surface area (TPSA) is 185 Å². The molecule has 2 aliphatic rings. The Morgan fingerprint density at radius 3 is 2.03 bits per heavy atom. The molecule has 1 fully saturated rings. The maximum Gasteiger partial charge on any atom is 1.00 e. The van der Waals surface area contributed by atoms with E-state index in [9.17, 15) is 23.9 Å². The molecule has 0 spiro atoms. The summed E-state index contributed by atoms with van der Waals surface area (Å²) in [4.78, 5) is 38.9. The number of aliphatic hydroxyl groups is 1. The fourth-order valence-corrected chi connectivity index (χ4v) is 10.9. The number of ether oxygens (including phenoxy) is 5. The standard InChI is InChI=1S/C36H41ClFNO5.C21H30N3O3.C7H14O.4C2H6.K.H2O/c1-7-18-39-34-29(16-17-30(37)33(34)32(22(3)4)23(5)8-2)28(35(39)36(41)44-24(6)43-21-40)12-10-19-42-31-13-9-11-25-20-26(38)14-15-27(25)31;1-5-11-23(12-6-2)20(25)14-27-19-10-8-9-16-15(4)24(13-17(16)19)18(7-3)21(22)26;1-8-7-5-3-2-4-6-7;4*1-2;;/h8-9,11,13-17,20-21,24,36,41H,7,10,12,18-19H2,1-6H3;8-10,18H,3-7,11-14H2,1-2H3,(H2,22,26);7H,2-6H2,1H3;4*1-2H3;;1H2/q;-1;;;;;;+1;/p-1/b23-8-;;;;;;;;. The average molecular weight is 1290 g/mol. The van der Waals surface area contributed by atoms with Crippen molar-refractivity contribution in [2.24, 2.45) is 5.73 Å². The second-order valence-electron chi connectivity index (χ2n) is 20.3. The van der Waals surface area contributed by atoms with E-state index in [4.69, 9.17) is 41.0 Å². The molecule has 0 saturated heterocycles. The Kier molecular flexibility index (Phi) is 46.8. The number of benzene rings is 4. The molecule has 17 heteroatoms. The number of aliphatic hydroxyl groups excluding tert-OH is 1. The van der Waals surface area contributed by atoms with Gasteiger partial charge in [0, 0.05) is 66.4 Å². The first-order valence-electron chi connectivity index (χ1n) is 32.0. The number of hydrogen-bond donors (Lipinski definition) is 2. The van der Waals surface area contributed by atoms with Crippen LogP contribution in [0.1, 0.15) is 209 Å². The first kappa shape index (κ1) is 86.5. The van der Waals surface area contributed by atoms with Gasteiger partial charge < -0.3 is 61.3 Å². The number of aromatic nitrogens is 1. The third-order valence-corrected chi connectivity index (χ3v) is 14.8. The molecule has 494 valence electrons. The summed E-state index contributed by atoms with van der Waals surface area (Å²) in [6, 6.07) is 19.3. The molecule has 89 heavy (non-hydrogen) atoms. The van der Waals surface area contributed by atoms with Crippen LogP contribution < -0.4 is 66.6 Å². The number of allylic oxidation sites excluding steroid dienone is 4. The number of carbonyl (C=O) groups is 3. The Morgan fingerprint density at radius 1 is 0.888 bits per heavy atom. The molecular weight excluding hydrogens is 1170 g/mol. The van der Waals surface area contributed by atoms with Gasteiger partial charge in [0.25, 0.3) is 12.4 Å². The van der Waals surface area contributed by atoms with Gasteiger partial charge in [-0.05, 0) is 138 Å². The molecule has 0 bridgehead atoms. The number of hydrogen-bond acceptors (Lipinski definition) is 11. The van der Waals surface area contributed by atoms with Gasteiger partial charge in [-0.25, -0.2) is 4.39 Å². The molecule has 4 N–H and O–H groups in total. The van der Waals surface area contributed by atoms with Crippen LogP contribution in [0.5, 0.6) is 11.5 Å². The molecule has 14 nitrogen and oxygen atoms in total. The number of amides is 2. The maximum absolute atomic E-state index is 13.8. The monoisotopic (exact) mass is 1280 g/mol. The van der Waals surface area contributed by atoms with Gasteiger partial charge in [0.05, 0.1) is 35.0 Å². The van der Waals surface area contributed by atoms with Crippen LogP contribution in [-0.2, 0) is 48.1 Å². The van der Waals surface area contributed by atoms with Crippen LogP contribution >= 0.6 is 11.6 Å². The van der Waals surface area contributed by atoms with Crippen LogP contribution in [0.2, 0.25) is 5.02 Å². The number of fused-ring (bicyclic) bond motifs is 3. The maximum atomic E-state index is 13.8. The number of nitrogens with two attached hydrogens (primary N) is 1. The molecule has 2 amide bonds. The molecular formula is C72H110ClFKN4O10-. The minimum absolute atomic E-state index is 0. The van der Waals surface area contributed by atoms with E-state index >= 15 is 0 Å². The van der Waals surface area contributed by atoms with Gasteiger partial charge in [0.1, 0.15) is 17.3 Å². The first-order valence-corrected chi connectivity index (χ1v) is 32.4. The second kappa shape index (κ2) is 48.2. The molecule has 0 radical (unpaired) electrons. The predicted octanol–water partition coefficient (Wildman–Crippen LogP) is 14.8. The van der Waals surface area contributed by atoms with E-state index < -0.39 is 24.5 Å². The van der Waals surface area contributed by atoms with Gasteiger partial charge in [-0.15, -0.1) is 0 Å². The molecule has 1 aliphatic heterocycles. The zero-order valence-electron chi connectivity index (χ0n) is 57.6. The van der Waals surface area contributed by atoms with Crippen LogP contribution in [-0.4, -0.2) is 95.1 Å². The molecule has 1 saturated carbocycles. The number of methoxy groups -OCH3 is 1. The third kappa shape index (κ3) is 25.4. The van der Waals surface area contributed by atoms with Crippen LogP contribution in [0.3, 0.4) is 0 Å². The van der Waals surface area contributed by atoms with E-state index in [2.05, 4.69) is 65.7 Å². The number of aryl methyl sites for hydroxylation is 2. The van der Waals surface area contributed by atoms with Gasteiger partial charge in [-0.1, -0.05) is 156 Å². The van der Waals surface area contributed by atoms with E-state index in [0.29, 0.717) is 73.8 Å². The fourth-order valence-electron chi connectivity index (χ4n) is 10.6. The summed E-state index contributed by atoms with van der Waals surface area (Å²) in [5, 5.41) is 14.7. The molecule has 2 heterocycles.